The fraction of sp³-hybridized carbons (Fsp3) is 0.667. The summed E-state index contributed by atoms with van der Waals surface area (Å²) < 4.78 is 0. The molecule has 0 aliphatic carbocycles. The Morgan fingerprint density at radius 3 is 2.47 bits per heavy atom. The van der Waals surface area contributed by atoms with Gasteiger partial charge in [-0.25, -0.2) is 0 Å². The molecule has 0 saturated carbocycles. The summed E-state index contributed by atoms with van der Waals surface area (Å²) in [6.45, 7) is 3.84. The zero-order chi connectivity index (χ0) is 11.7. The van der Waals surface area contributed by atoms with Crippen molar-refractivity contribution < 1.29 is 9.59 Å². The Bertz CT molecular complexity index is 259. The Hall–Kier alpha value is -1.61. The SMILES string of the molecule is CCN(C)CCNC(=O)C(=O)NCC#N. The fourth-order valence-electron chi connectivity index (χ4n) is 0.799. The number of carbonyl (C=O) groups excluding carboxylic acids is 2. The second-order valence-electron chi connectivity index (χ2n) is 2.99. The largest absolute Gasteiger partial charge is 0.347 e. The van der Waals surface area contributed by atoms with E-state index >= 15 is 0 Å². The van der Waals surface area contributed by atoms with E-state index in [2.05, 4.69) is 10.6 Å². The van der Waals surface area contributed by atoms with Crippen molar-refractivity contribution in [2.45, 2.75) is 6.92 Å². The molecule has 2 N–H and O–H groups in total. The van der Waals surface area contributed by atoms with Crippen LogP contribution in [0.2, 0.25) is 0 Å². The number of rotatable bonds is 5. The first-order valence-electron chi connectivity index (χ1n) is 4.73. The van der Waals surface area contributed by atoms with Crippen molar-refractivity contribution in [3.8, 4) is 6.07 Å². The van der Waals surface area contributed by atoms with Crippen LogP contribution in [0.15, 0.2) is 0 Å². The molecule has 15 heavy (non-hydrogen) atoms. The zero-order valence-electron chi connectivity index (χ0n) is 9.04. The van der Waals surface area contributed by atoms with Gasteiger partial charge in [0.25, 0.3) is 0 Å². The minimum absolute atomic E-state index is 0.152. The molecule has 2 amide bonds. The van der Waals surface area contributed by atoms with E-state index in [-0.39, 0.29) is 6.54 Å². The highest BCUT2D eigenvalue weighted by Gasteiger charge is 2.11. The number of likely N-dealkylation sites (N-methyl/N-ethyl adjacent to an activating group) is 1. The van der Waals surface area contributed by atoms with Crippen LogP contribution in [0, 0.1) is 11.3 Å². The minimum atomic E-state index is -0.768. The van der Waals surface area contributed by atoms with Crippen LogP contribution >= 0.6 is 0 Å². The van der Waals surface area contributed by atoms with Gasteiger partial charge in [0.15, 0.2) is 0 Å². The van der Waals surface area contributed by atoms with Crippen LogP contribution in [0.25, 0.3) is 0 Å². The molecular weight excluding hydrogens is 196 g/mol. The Balaban J connectivity index is 3.65. The average molecular weight is 212 g/mol. The standard InChI is InChI=1S/C9H16N4O2/c1-3-13(2)7-6-12-9(15)8(14)11-5-4-10/h3,5-7H2,1-2H3,(H,11,14)(H,12,15). The zero-order valence-corrected chi connectivity index (χ0v) is 9.04. The quantitative estimate of drug-likeness (QED) is 0.438. The average Bonchev–Trinajstić information content (AvgIpc) is 2.25. The van der Waals surface area contributed by atoms with Crippen molar-refractivity contribution >= 4 is 11.8 Å². The second kappa shape index (κ2) is 7.76. The van der Waals surface area contributed by atoms with Gasteiger partial charge in [-0.05, 0) is 13.6 Å². The van der Waals surface area contributed by atoms with E-state index in [0.29, 0.717) is 13.1 Å². The second-order valence-corrected chi connectivity index (χ2v) is 2.99. The Morgan fingerprint density at radius 1 is 1.33 bits per heavy atom. The molecule has 0 spiro atoms. The van der Waals surface area contributed by atoms with Crippen molar-refractivity contribution in [2.75, 3.05) is 33.2 Å². The van der Waals surface area contributed by atoms with Gasteiger partial charge in [-0.3, -0.25) is 9.59 Å². The fourth-order valence-corrected chi connectivity index (χ4v) is 0.799. The molecule has 0 aromatic heterocycles. The number of nitriles is 1. The molecular formula is C9H16N4O2. The molecule has 0 fully saturated rings. The van der Waals surface area contributed by atoms with E-state index in [1.807, 2.05) is 18.9 Å². The number of hydrogen-bond acceptors (Lipinski definition) is 4. The van der Waals surface area contributed by atoms with Gasteiger partial charge in [0.1, 0.15) is 6.54 Å². The third kappa shape index (κ3) is 6.46. The summed E-state index contributed by atoms with van der Waals surface area (Å²) in [6, 6.07) is 1.72. The summed E-state index contributed by atoms with van der Waals surface area (Å²) in [6.07, 6.45) is 0. The highest BCUT2D eigenvalue weighted by Crippen LogP contribution is 1.78. The number of hydrogen-bond donors (Lipinski definition) is 2. The molecule has 0 heterocycles. The van der Waals surface area contributed by atoms with E-state index in [0.717, 1.165) is 6.54 Å². The normalized spacial score (nSPS) is 9.47. The smallest absolute Gasteiger partial charge is 0.310 e. The molecule has 0 aliphatic rings. The van der Waals surface area contributed by atoms with Gasteiger partial charge in [-0.15, -0.1) is 0 Å². The first-order valence-corrected chi connectivity index (χ1v) is 4.73. The molecule has 0 rings (SSSR count). The van der Waals surface area contributed by atoms with Crippen molar-refractivity contribution in [1.29, 1.82) is 5.26 Å². The van der Waals surface area contributed by atoms with Crippen LogP contribution in [0.1, 0.15) is 6.92 Å². The van der Waals surface area contributed by atoms with Gasteiger partial charge < -0.3 is 15.5 Å². The van der Waals surface area contributed by atoms with Gasteiger partial charge in [0.2, 0.25) is 0 Å². The lowest BCUT2D eigenvalue weighted by Gasteiger charge is -2.13. The Morgan fingerprint density at radius 2 is 1.93 bits per heavy atom. The predicted octanol–water partition coefficient (Wildman–Crippen LogP) is -1.31. The number of nitrogens with zero attached hydrogens (tertiary/aromatic N) is 2. The Labute approximate surface area is 89.2 Å². The molecule has 0 aromatic carbocycles. The van der Waals surface area contributed by atoms with Gasteiger partial charge in [0.05, 0.1) is 6.07 Å². The van der Waals surface area contributed by atoms with Crippen molar-refractivity contribution in [2.24, 2.45) is 0 Å². The lowest BCUT2D eigenvalue weighted by molar-refractivity contribution is -0.139. The molecule has 6 nitrogen and oxygen atoms in total. The van der Waals surface area contributed by atoms with Crippen LogP contribution < -0.4 is 10.6 Å². The van der Waals surface area contributed by atoms with Crippen LogP contribution in [0.5, 0.6) is 0 Å². The third-order valence-corrected chi connectivity index (χ3v) is 1.85. The summed E-state index contributed by atoms with van der Waals surface area (Å²) in [5.41, 5.74) is 0. The van der Waals surface area contributed by atoms with E-state index in [9.17, 15) is 9.59 Å². The number of carbonyl (C=O) groups is 2. The molecule has 0 unspecified atom stereocenters. The van der Waals surface area contributed by atoms with Crippen molar-refractivity contribution in [1.82, 2.24) is 15.5 Å². The summed E-state index contributed by atoms with van der Waals surface area (Å²) in [5, 5.41) is 12.8. The molecule has 0 aliphatic heterocycles. The molecule has 84 valence electrons. The van der Waals surface area contributed by atoms with E-state index in [1.165, 1.54) is 0 Å². The van der Waals surface area contributed by atoms with E-state index in [1.54, 1.807) is 6.07 Å². The lowest BCUT2D eigenvalue weighted by atomic mass is 10.4. The lowest BCUT2D eigenvalue weighted by Crippen LogP contribution is -2.42. The van der Waals surface area contributed by atoms with Gasteiger partial charge in [-0.1, -0.05) is 6.92 Å². The summed E-state index contributed by atoms with van der Waals surface area (Å²) in [4.78, 5) is 24.0. The summed E-state index contributed by atoms with van der Waals surface area (Å²) in [5.74, 6) is -1.47. The Kier molecular flexibility index (Phi) is 6.93. The van der Waals surface area contributed by atoms with Crippen LogP contribution in [0.4, 0.5) is 0 Å². The highest BCUT2D eigenvalue weighted by molar-refractivity contribution is 6.35. The maximum atomic E-state index is 11.1. The monoisotopic (exact) mass is 212 g/mol. The summed E-state index contributed by atoms with van der Waals surface area (Å²) >= 11 is 0. The molecule has 6 heteroatoms. The topological polar surface area (TPSA) is 85.2 Å². The van der Waals surface area contributed by atoms with Gasteiger partial charge >= 0.3 is 11.8 Å². The summed E-state index contributed by atoms with van der Waals surface area (Å²) in [7, 11) is 1.92. The van der Waals surface area contributed by atoms with Crippen LogP contribution in [-0.2, 0) is 9.59 Å². The molecule has 0 radical (unpaired) electrons. The van der Waals surface area contributed by atoms with Gasteiger partial charge in [0, 0.05) is 13.1 Å². The van der Waals surface area contributed by atoms with Crippen molar-refractivity contribution in [3.05, 3.63) is 0 Å². The molecule has 0 bridgehead atoms. The third-order valence-electron chi connectivity index (χ3n) is 1.85. The maximum Gasteiger partial charge on any atom is 0.310 e. The highest BCUT2D eigenvalue weighted by atomic mass is 16.2. The number of nitrogens with one attached hydrogen (secondary N) is 2. The van der Waals surface area contributed by atoms with Crippen LogP contribution in [0.3, 0.4) is 0 Å². The molecule has 0 atom stereocenters. The van der Waals surface area contributed by atoms with E-state index in [4.69, 9.17) is 5.26 Å². The predicted molar refractivity (Wildman–Crippen MR) is 54.8 cm³/mol. The minimum Gasteiger partial charge on any atom is -0.347 e. The molecule has 0 saturated heterocycles. The van der Waals surface area contributed by atoms with E-state index < -0.39 is 11.8 Å². The first kappa shape index (κ1) is 13.4. The molecule has 0 aromatic rings. The first-order chi connectivity index (χ1) is 7.11. The van der Waals surface area contributed by atoms with Crippen molar-refractivity contribution in [3.63, 3.8) is 0 Å². The number of amides is 2. The van der Waals surface area contributed by atoms with Crippen LogP contribution in [-0.4, -0.2) is 49.9 Å². The van der Waals surface area contributed by atoms with Gasteiger partial charge in [-0.2, -0.15) is 5.26 Å². The maximum absolute atomic E-state index is 11.1.